The number of benzene rings is 2. The fourth-order valence-electron chi connectivity index (χ4n) is 2.90. The molecule has 9 nitrogen and oxygen atoms in total. The number of nitro benzene ring substituents is 1. The molecule has 0 aliphatic rings. The van der Waals surface area contributed by atoms with Crippen LogP contribution in [0.3, 0.4) is 0 Å². The molecular formula is C21H25N3O6. The highest BCUT2D eigenvalue weighted by Gasteiger charge is 2.25. The van der Waals surface area contributed by atoms with Gasteiger partial charge in [0.15, 0.2) is 11.5 Å². The van der Waals surface area contributed by atoms with Crippen LogP contribution in [-0.4, -0.2) is 48.4 Å². The number of amides is 2. The van der Waals surface area contributed by atoms with Gasteiger partial charge in [0.1, 0.15) is 5.56 Å². The number of carbonyl (C=O) groups is 2. The first-order valence-corrected chi connectivity index (χ1v) is 9.56. The summed E-state index contributed by atoms with van der Waals surface area (Å²) in [4.78, 5) is 37.6. The number of hydrogen-bond donors (Lipinski definition) is 1. The van der Waals surface area contributed by atoms with Gasteiger partial charge in [-0.25, -0.2) is 0 Å². The van der Waals surface area contributed by atoms with E-state index in [1.165, 1.54) is 13.2 Å². The van der Waals surface area contributed by atoms with E-state index in [2.05, 4.69) is 5.32 Å². The molecule has 160 valence electrons. The topological polar surface area (TPSA) is 111 Å². The van der Waals surface area contributed by atoms with E-state index in [-0.39, 0.29) is 23.0 Å². The van der Waals surface area contributed by atoms with Gasteiger partial charge in [0.25, 0.3) is 17.5 Å². The summed E-state index contributed by atoms with van der Waals surface area (Å²) in [5, 5.41) is 14.1. The van der Waals surface area contributed by atoms with E-state index < -0.39 is 16.5 Å². The van der Waals surface area contributed by atoms with Crippen molar-refractivity contribution in [3.63, 3.8) is 0 Å². The predicted octanol–water partition coefficient (Wildman–Crippen LogP) is 3.74. The van der Waals surface area contributed by atoms with Crippen LogP contribution in [0.4, 0.5) is 11.4 Å². The van der Waals surface area contributed by atoms with Gasteiger partial charge in [-0.2, -0.15) is 0 Å². The SMILES string of the molecule is CCOc1cc(C(=O)Nc2ccc(C(=O)N(CC)CC)cc2)c([N+](=O)[O-])cc1OC. The molecule has 30 heavy (non-hydrogen) atoms. The molecule has 0 aliphatic carbocycles. The number of anilines is 1. The standard InChI is InChI=1S/C21H25N3O6/c1-5-23(6-2)21(26)14-8-10-15(11-9-14)22-20(25)16-12-19(30-7-3)18(29-4)13-17(16)24(27)28/h8-13H,5-7H2,1-4H3,(H,22,25). The second kappa shape index (κ2) is 10.2. The molecule has 2 aromatic rings. The summed E-state index contributed by atoms with van der Waals surface area (Å²) in [5.41, 5.74) is 0.332. The third-order valence-corrected chi connectivity index (χ3v) is 4.46. The minimum absolute atomic E-state index is 0.106. The number of ether oxygens (including phenoxy) is 2. The molecule has 2 amide bonds. The van der Waals surface area contributed by atoms with Crippen molar-refractivity contribution in [2.75, 3.05) is 32.1 Å². The van der Waals surface area contributed by atoms with Gasteiger partial charge in [-0.3, -0.25) is 19.7 Å². The summed E-state index contributed by atoms with van der Waals surface area (Å²) in [6.45, 7) is 7.04. The van der Waals surface area contributed by atoms with Gasteiger partial charge in [-0.05, 0) is 45.0 Å². The Labute approximate surface area is 174 Å². The molecule has 0 spiro atoms. The van der Waals surface area contributed by atoms with E-state index in [1.54, 1.807) is 36.1 Å². The molecular weight excluding hydrogens is 390 g/mol. The second-order valence-corrected chi connectivity index (χ2v) is 6.22. The highest BCUT2D eigenvalue weighted by Crippen LogP contribution is 2.35. The van der Waals surface area contributed by atoms with Crippen molar-refractivity contribution in [1.82, 2.24) is 4.90 Å². The van der Waals surface area contributed by atoms with Gasteiger partial charge in [-0.1, -0.05) is 0 Å². The maximum Gasteiger partial charge on any atom is 0.286 e. The first-order valence-electron chi connectivity index (χ1n) is 9.56. The Balaban J connectivity index is 2.30. The van der Waals surface area contributed by atoms with E-state index in [4.69, 9.17) is 9.47 Å². The molecule has 9 heteroatoms. The molecule has 0 radical (unpaired) electrons. The first-order chi connectivity index (χ1) is 14.4. The second-order valence-electron chi connectivity index (χ2n) is 6.22. The summed E-state index contributed by atoms with van der Waals surface area (Å²) in [7, 11) is 1.36. The molecule has 0 aromatic heterocycles. The van der Waals surface area contributed by atoms with Gasteiger partial charge in [-0.15, -0.1) is 0 Å². The number of methoxy groups -OCH3 is 1. The maximum atomic E-state index is 12.7. The van der Waals surface area contributed by atoms with E-state index in [9.17, 15) is 19.7 Å². The van der Waals surface area contributed by atoms with Crippen molar-refractivity contribution < 1.29 is 24.0 Å². The van der Waals surface area contributed by atoms with Crippen molar-refractivity contribution in [2.24, 2.45) is 0 Å². The Bertz CT molecular complexity index is 923. The van der Waals surface area contributed by atoms with Crippen LogP contribution < -0.4 is 14.8 Å². The number of hydrogen-bond acceptors (Lipinski definition) is 6. The molecule has 0 saturated heterocycles. The summed E-state index contributed by atoms with van der Waals surface area (Å²) in [6.07, 6.45) is 0. The number of nitrogens with one attached hydrogen (secondary N) is 1. The van der Waals surface area contributed by atoms with Crippen LogP contribution in [0, 0.1) is 10.1 Å². The third kappa shape index (κ3) is 5.05. The molecule has 0 unspecified atom stereocenters. The fraction of sp³-hybridized carbons (Fsp3) is 0.333. The van der Waals surface area contributed by atoms with Gasteiger partial charge in [0.2, 0.25) is 0 Å². The van der Waals surface area contributed by atoms with E-state index in [0.29, 0.717) is 30.9 Å². The Morgan fingerprint density at radius 2 is 1.70 bits per heavy atom. The highest BCUT2D eigenvalue weighted by atomic mass is 16.6. The highest BCUT2D eigenvalue weighted by molar-refractivity contribution is 6.07. The summed E-state index contributed by atoms with van der Waals surface area (Å²) < 4.78 is 10.5. The Hall–Kier alpha value is -3.62. The molecule has 0 atom stereocenters. The van der Waals surface area contributed by atoms with Gasteiger partial charge in [0.05, 0.1) is 24.7 Å². The number of nitro groups is 1. The maximum absolute atomic E-state index is 12.7. The van der Waals surface area contributed by atoms with Crippen LogP contribution >= 0.6 is 0 Å². The smallest absolute Gasteiger partial charge is 0.286 e. The number of rotatable bonds is 9. The molecule has 1 N–H and O–H groups in total. The number of carbonyl (C=O) groups excluding carboxylic acids is 2. The zero-order valence-electron chi connectivity index (χ0n) is 17.4. The number of nitrogens with zero attached hydrogens (tertiary/aromatic N) is 2. The lowest BCUT2D eigenvalue weighted by Crippen LogP contribution is -2.30. The molecule has 2 aromatic carbocycles. The zero-order valence-corrected chi connectivity index (χ0v) is 17.4. The summed E-state index contributed by atoms with van der Waals surface area (Å²) in [6, 6.07) is 8.80. The van der Waals surface area contributed by atoms with Crippen LogP contribution in [0.2, 0.25) is 0 Å². The van der Waals surface area contributed by atoms with Gasteiger partial charge in [0, 0.05) is 30.4 Å². The Morgan fingerprint density at radius 3 is 2.20 bits per heavy atom. The van der Waals surface area contributed by atoms with Crippen molar-refractivity contribution in [2.45, 2.75) is 20.8 Å². The minimum Gasteiger partial charge on any atom is -0.493 e. The van der Waals surface area contributed by atoms with Crippen LogP contribution in [0.15, 0.2) is 36.4 Å². The monoisotopic (exact) mass is 415 g/mol. The largest absolute Gasteiger partial charge is 0.493 e. The van der Waals surface area contributed by atoms with E-state index in [1.807, 2.05) is 13.8 Å². The first kappa shape index (κ1) is 22.7. The molecule has 2 rings (SSSR count). The average molecular weight is 415 g/mol. The third-order valence-electron chi connectivity index (χ3n) is 4.46. The minimum atomic E-state index is -0.673. The molecule has 0 fully saturated rings. The van der Waals surface area contributed by atoms with Crippen LogP contribution in [0.1, 0.15) is 41.5 Å². The van der Waals surface area contributed by atoms with E-state index >= 15 is 0 Å². The lowest BCUT2D eigenvalue weighted by molar-refractivity contribution is -0.385. The van der Waals surface area contributed by atoms with Gasteiger partial charge >= 0.3 is 0 Å². The Kier molecular flexibility index (Phi) is 7.74. The van der Waals surface area contributed by atoms with Crippen LogP contribution in [-0.2, 0) is 0 Å². The Morgan fingerprint density at radius 1 is 1.07 bits per heavy atom. The zero-order chi connectivity index (χ0) is 22.3. The quantitative estimate of drug-likeness (QED) is 0.493. The van der Waals surface area contributed by atoms with Crippen molar-refractivity contribution >= 4 is 23.2 Å². The lowest BCUT2D eigenvalue weighted by Gasteiger charge is -2.18. The molecule has 0 bridgehead atoms. The van der Waals surface area contributed by atoms with Crippen molar-refractivity contribution in [3.8, 4) is 11.5 Å². The predicted molar refractivity (Wildman–Crippen MR) is 112 cm³/mol. The van der Waals surface area contributed by atoms with Crippen LogP contribution in [0.5, 0.6) is 11.5 Å². The molecule has 0 heterocycles. The molecule has 0 saturated carbocycles. The van der Waals surface area contributed by atoms with Gasteiger partial charge < -0.3 is 19.7 Å². The van der Waals surface area contributed by atoms with E-state index in [0.717, 1.165) is 6.07 Å². The lowest BCUT2D eigenvalue weighted by atomic mass is 10.1. The average Bonchev–Trinajstić information content (AvgIpc) is 2.74. The normalized spacial score (nSPS) is 10.3. The fourth-order valence-corrected chi connectivity index (χ4v) is 2.90. The van der Waals surface area contributed by atoms with Crippen LogP contribution in [0.25, 0.3) is 0 Å². The summed E-state index contributed by atoms with van der Waals surface area (Å²) in [5.74, 6) is -0.381. The van der Waals surface area contributed by atoms with Crippen molar-refractivity contribution in [1.29, 1.82) is 0 Å². The molecule has 0 aliphatic heterocycles. The summed E-state index contributed by atoms with van der Waals surface area (Å²) >= 11 is 0. The van der Waals surface area contributed by atoms with Crippen molar-refractivity contribution in [3.05, 3.63) is 57.6 Å².